The van der Waals surface area contributed by atoms with Crippen LogP contribution in [0.2, 0.25) is 0 Å². The van der Waals surface area contributed by atoms with Crippen LogP contribution in [0.15, 0.2) is 30.5 Å². The van der Waals surface area contributed by atoms with Crippen LogP contribution in [0.1, 0.15) is 32.3 Å². The van der Waals surface area contributed by atoms with Gasteiger partial charge in [-0.3, -0.25) is 10.00 Å². The second-order valence-electron chi connectivity index (χ2n) is 8.62. The number of morpholine rings is 1. The maximum Gasteiger partial charge on any atom is 0.112 e. The molecule has 0 bridgehead atoms. The van der Waals surface area contributed by atoms with Crippen molar-refractivity contribution in [1.82, 2.24) is 25.2 Å². The minimum Gasteiger partial charge on any atom is -0.379 e. The van der Waals surface area contributed by atoms with Crippen LogP contribution in [0.5, 0.6) is 0 Å². The molecule has 2 aliphatic rings. The normalized spacial score (nSPS) is 27.1. The van der Waals surface area contributed by atoms with Gasteiger partial charge in [-0.25, -0.2) is 0 Å². The number of nitrogens with zero attached hydrogens (tertiary/aromatic N) is 4. The molecule has 2 saturated heterocycles. The van der Waals surface area contributed by atoms with Crippen molar-refractivity contribution in [2.45, 2.75) is 32.1 Å². The van der Waals surface area contributed by atoms with Crippen molar-refractivity contribution in [3.8, 4) is 11.3 Å². The van der Waals surface area contributed by atoms with Gasteiger partial charge in [0.05, 0.1) is 13.2 Å². The largest absolute Gasteiger partial charge is 0.379 e. The first-order valence-corrected chi connectivity index (χ1v) is 10.6. The fraction of sp³-hybridized carbons (Fsp3) is 0.636. The summed E-state index contributed by atoms with van der Waals surface area (Å²) in [5.41, 5.74) is 3.69. The van der Waals surface area contributed by atoms with Gasteiger partial charge in [0.1, 0.15) is 5.69 Å². The number of likely N-dealkylation sites (tertiary alicyclic amines) is 1. The molecule has 6 heteroatoms. The third kappa shape index (κ3) is 4.29. The third-order valence-electron chi connectivity index (χ3n) is 6.85. The summed E-state index contributed by atoms with van der Waals surface area (Å²) in [5.74, 6) is 0.622. The summed E-state index contributed by atoms with van der Waals surface area (Å²) in [4.78, 5) is 5.20. The smallest absolute Gasteiger partial charge is 0.112 e. The zero-order valence-electron chi connectivity index (χ0n) is 17.2. The molecule has 1 aromatic heterocycles. The lowest BCUT2D eigenvalue weighted by molar-refractivity contribution is 0.0343. The molecule has 28 heavy (non-hydrogen) atoms. The van der Waals surface area contributed by atoms with E-state index in [-0.39, 0.29) is 5.41 Å². The van der Waals surface area contributed by atoms with E-state index in [9.17, 15) is 0 Å². The molecule has 2 aliphatic heterocycles. The van der Waals surface area contributed by atoms with Gasteiger partial charge in [0, 0.05) is 31.4 Å². The Balaban J connectivity index is 1.34. The summed E-state index contributed by atoms with van der Waals surface area (Å²) in [6, 6.07) is 8.87. The Kier molecular flexibility index (Phi) is 6.09. The van der Waals surface area contributed by atoms with Crippen LogP contribution in [-0.2, 0) is 10.2 Å². The third-order valence-corrected chi connectivity index (χ3v) is 6.85. The van der Waals surface area contributed by atoms with Gasteiger partial charge in [-0.2, -0.15) is 0 Å². The predicted octanol–water partition coefficient (Wildman–Crippen LogP) is 2.79. The lowest BCUT2D eigenvalue weighted by Gasteiger charge is -2.45. The Morgan fingerprint density at radius 2 is 2.00 bits per heavy atom. The minimum absolute atomic E-state index is 0.209. The van der Waals surface area contributed by atoms with Crippen molar-refractivity contribution >= 4 is 0 Å². The number of aromatic amines is 1. The fourth-order valence-corrected chi connectivity index (χ4v) is 4.67. The molecule has 2 fully saturated rings. The molecular weight excluding hydrogens is 350 g/mol. The van der Waals surface area contributed by atoms with Crippen LogP contribution >= 0.6 is 0 Å². The number of benzene rings is 1. The van der Waals surface area contributed by atoms with Gasteiger partial charge >= 0.3 is 0 Å². The molecule has 0 aliphatic carbocycles. The zero-order valence-corrected chi connectivity index (χ0v) is 17.2. The van der Waals surface area contributed by atoms with Crippen LogP contribution in [0, 0.1) is 5.92 Å². The Morgan fingerprint density at radius 3 is 2.75 bits per heavy atom. The number of hydrogen-bond donors (Lipinski definition) is 1. The maximum absolute atomic E-state index is 5.45. The Morgan fingerprint density at radius 1 is 1.18 bits per heavy atom. The average molecular weight is 384 g/mol. The van der Waals surface area contributed by atoms with E-state index in [1.165, 1.54) is 44.6 Å². The molecule has 6 nitrogen and oxygen atoms in total. The van der Waals surface area contributed by atoms with Gasteiger partial charge in [-0.15, -0.1) is 5.10 Å². The van der Waals surface area contributed by atoms with E-state index in [1.807, 2.05) is 6.20 Å². The van der Waals surface area contributed by atoms with E-state index in [2.05, 4.69) is 63.3 Å². The van der Waals surface area contributed by atoms with E-state index in [0.717, 1.165) is 37.6 Å². The van der Waals surface area contributed by atoms with Crippen molar-refractivity contribution < 1.29 is 4.74 Å². The Bertz CT molecular complexity index is 743. The highest BCUT2D eigenvalue weighted by molar-refractivity contribution is 5.59. The Labute approximate surface area is 168 Å². The molecule has 0 radical (unpaired) electrons. The lowest BCUT2D eigenvalue weighted by Crippen LogP contribution is -2.48. The van der Waals surface area contributed by atoms with Crippen LogP contribution in [-0.4, -0.2) is 77.7 Å². The molecular formula is C22H33N5O. The van der Waals surface area contributed by atoms with Gasteiger partial charge < -0.3 is 9.64 Å². The molecule has 2 aromatic rings. The predicted molar refractivity (Wildman–Crippen MR) is 111 cm³/mol. The highest BCUT2D eigenvalue weighted by Gasteiger charge is 2.38. The number of hydrogen-bond acceptors (Lipinski definition) is 5. The van der Waals surface area contributed by atoms with Crippen LogP contribution in [0.3, 0.4) is 0 Å². The number of rotatable bonds is 6. The van der Waals surface area contributed by atoms with E-state index >= 15 is 0 Å². The molecule has 1 aromatic carbocycles. The first-order valence-electron chi connectivity index (χ1n) is 10.6. The molecule has 0 amide bonds. The second kappa shape index (κ2) is 8.72. The van der Waals surface area contributed by atoms with Gasteiger partial charge in [0.25, 0.3) is 0 Å². The van der Waals surface area contributed by atoms with Crippen molar-refractivity contribution in [2.75, 3.05) is 52.5 Å². The number of aromatic nitrogens is 3. The van der Waals surface area contributed by atoms with E-state index in [0.29, 0.717) is 5.92 Å². The van der Waals surface area contributed by atoms with E-state index in [1.54, 1.807) is 0 Å². The standard InChI is InChI=1S/C22H33N5O/c1-18-17-27(9-4-8-26-11-13-28-14-12-26)10-7-22(18,2)20-6-3-5-19(15-20)21-16-23-25-24-21/h3,5-6,15-16,18H,4,7-14,17H2,1-2H3,(H,23,24,25). The topological polar surface area (TPSA) is 57.3 Å². The van der Waals surface area contributed by atoms with Gasteiger partial charge in [-0.05, 0) is 55.4 Å². The van der Waals surface area contributed by atoms with Gasteiger partial charge in [-0.1, -0.05) is 37.3 Å². The molecule has 2 unspecified atom stereocenters. The number of nitrogens with one attached hydrogen (secondary N) is 1. The summed E-state index contributed by atoms with van der Waals surface area (Å²) in [7, 11) is 0. The van der Waals surface area contributed by atoms with Crippen molar-refractivity contribution in [1.29, 1.82) is 0 Å². The second-order valence-corrected chi connectivity index (χ2v) is 8.62. The quantitative estimate of drug-likeness (QED) is 0.831. The average Bonchev–Trinajstić information content (AvgIpc) is 3.27. The summed E-state index contributed by atoms with van der Waals surface area (Å²) in [6.45, 7) is 13.6. The number of ether oxygens (including phenoxy) is 1. The first kappa shape index (κ1) is 19.6. The monoisotopic (exact) mass is 383 g/mol. The molecule has 3 heterocycles. The van der Waals surface area contributed by atoms with Crippen LogP contribution < -0.4 is 0 Å². The zero-order chi connectivity index (χ0) is 19.4. The molecule has 152 valence electrons. The SMILES string of the molecule is CC1CN(CCCN2CCOCC2)CCC1(C)c1cccc(-c2c[nH]nn2)c1. The van der Waals surface area contributed by atoms with E-state index < -0.39 is 0 Å². The fourth-order valence-electron chi connectivity index (χ4n) is 4.67. The molecule has 2 atom stereocenters. The molecule has 0 spiro atoms. The van der Waals surface area contributed by atoms with Crippen molar-refractivity contribution in [3.05, 3.63) is 36.0 Å². The van der Waals surface area contributed by atoms with Crippen LogP contribution in [0.4, 0.5) is 0 Å². The summed E-state index contributed by atoms with van der Waals surface area (Å²) < 4.78 is 5.45. The van der Waals surface area contributed by atoms with Crippen LogP contribution in [0.25, 0.3) is 11.3 Å². The molecule has 4 rings (SSSR count). The minimum atomic E-state index is 0.209. The lowest BCUT2D eigenvalue weighted by atomic mass is 9.67. The molecule has 0 saturated carbocycles. The summed E-state index contributed by atoms with van der Waals surface area (Å²) >= 11 is 0. The summed E-state index contributed by atoms with van der Waals surface area (Å²) in [6.07, 6.45) is 4.32. The van der Waals surface area contributed by atoms with Gasteiger partial charge in [0.15, 0.2) is 0 Å². The van der Waals surface area contributed by atoms with E-state index in [4.69, 9.17) is 4.74 Å². The number of H-pyrrole nitrogens is 1. The summed E-state index contributed by atoms with van der Waals surface area (Å²) in [5, 5.41) is 10.8. The first-order chi connectivity index (χ1) is 13.6. The van der Waals surface area contributed by atoms with Gasteiger partial charge in [0.2, 0.25) is 0 Å². The maximum atomic E-state index is 5.45. The highest BCUT2D eigenvalue weighted by atomic mass is 16.5. The Hall–Kier alpha value is -1.76. The number of piperidine rings is 1. The molecule has 1 N–H and O–H groups in total. The highest BCUT2D eigenvalue weighted by Crippen LogP contribution is 2.40. The van der Waals surface area contributed by atoms with Crippen molar-refractivity contribution in [2.24, 2.45) is 5.92 Å². The van der Waals surface area contributed by atoms with Crippen molar-refractivity contribution in [3.63, 3.8) is 0 Å².